The molecule has 0 unspecified atom stereocenters. The zero-order chi connectivity index (χ0) is 18.4. The van der Waals surface area contributed by atoms with E-state index in [4.69, 9.17) is 18.9 Å². The Hall–Kier alpha value is -2.95. The Morgan fingerprint density at radius 2 is 1.48 bits per heavy atom. The van der Waals surface area contributed by atoms with Gasteiger partial charge < -0.3 is 18.9 Å². The topological polar surface area (TPSA) is 54.0 Å². The number of carbonyl (C=O) groups is 1. The van der Waals surface area contributed by atoms with Gasteiger partial charge in [-0.05, 0) is 48.4 Å². The molecular weight excluding hydrogens is 320 g/mol. The summed E-state index contributed by atoms with van der Waals surface area (Å²) in [5.74, 6) is 1.87. The highest BCUT2D eigenvalue weighted by Gasteiger charge is 2.19. The lowest BCUT2D eigenvalue weighted by Gasteiger charge is -2.14. The molecular formula is C20H22O5. The first kappa shape index (κ1) is 18.4. The Morgan fingerprint density at radius 1 is 0.840 bits per heavy atom. The summed E-state index contributed by atoms with van der Waals surface area (Å²) >= 11 is 0. The number of carbonyl (C=O) groups excluding carboxylic acids is 1. The summed E-state index contributed by atoms with van der Waals surface area (Å²) < 4.78 is 21.1. The fraction of sp³-hybridized carbons (Fsp3) is 0.250. The molecule has 0 amide bonds. The maximum atomic E-state index is 12.6. The van der Waals surface area contributed by atoms with Gasteiger partial charge in [0.15, 0.2) is 17.3 Å². The van der Waals surface area contributed by atoms with Gasteiger partial charge in [0.05, 0.1) is 34.0 Å². The summed E-state index contributed by atoms with van der Waals surface area (Å²) in [6.07, 6.45) is 3.26. The number of rotatable bonds is 7. The number of benzene rings is 2. The van der Waals surface area contributed by atoms with Crippen LogP contribution in [-0.4, -0.2) is 34.2 Å². The van der Waals surface area contributed by atoms with Crippen LogP contribution in [0.15, 0.2) is 36.4 Å². The van der Waals surface area contributed by atoms with Crippen LogP contribution < -0.4 is 18.9 Å². The molecule has 2 aromatic rings. The third kappa shape index (κ3) is 3.94. The van der Waals surface area contributed by atoms with Crippen molar-refractivity contribution < 1.29 is 23.7 Å². The van der Waals surface area contributed by atoms with Crippen molar-refractivity contribution in [3.63, 3.8) is 0 Å². The van der Waals surface area contributed by atoms with Gasteiger partial charge in [-0.25, -0.2) is 0 Å². The zero-order valence-electron chi connectivity index (χ0n) is 15.1. The standard InChI is InChI=1S/C20H22O5/c1-13-12-14(7-10-17(13)22-2)6-9-16(21)15-8-11-18(23-3)20(25-5)19(15)24-4/h6-12H,1-5H3/b9-6+. The normalized spacial score (nSPS) is 10.6. The van der Waals surface area contributed by atoms with E-state index in [1.807, 2.05) is 25.1 Å². The van der Waals surface area contributed by atoms with Crippen molar-refractivity contribution in [2.45, 2.75) is 6.92 Å². The molecule has 0 bridgehead atoms. The van der Waals surface area contributed by atoms with Crippen molar-refractivity contribution in [1.29, 1.82) is 0 Å². The molecule has 0 radical (unpaired) electrons. The third-order valence-electron chi connectivity index (χ3n) is 3.82. The molecule has 2 rings (SSSR count). The molecule has 0 aromatic heterocycles. The fourth-order valence-electron chi connectivity index (χ4n) is 2.56. The number of methoxy groups -OCH3 is 4. The molecule has 5 heteroatoms. The Bertz CT molecular complexity index is 793. The minimum atomic E-state index is -0.189. The molecule has 0 saturated carbocycles. The predicted molar refractivity (Wildman–Crippen MR) is 97.2 cm³/mol. The van der Waals surface area contributed by atoms with Crippen LogP contribution in [-0.2, 0) is 0 Å². The number of aryl methyl sites for hydroxylation is 1. The van der Waals surface area contributed by atoms with Crippen molar-refractivity contribution in [1.82, 2.24) is 0 Å². The van der Waals surface area contributed by atoms with Crippen molar-refractivity contribution in [2.24, 2.45) is 0 Å². The summed E-state index contributed by atoms with van der Waals surface area (Å²) in [7, 11) is 6.16. The molecule has 0 aliphatic carbocycles. The Labute approximate surface area is 147 Å². The second-order valence-corrected chi connectivity index (χ2v) is 5.31. The van der Waals surface area contributed by atoms with E-state index in [-0.39, 0.29) is 5.78 Å². The van der Waals surface area contributed by atoms with Gasteiger partial charge in [0.2, 0.25) is 5.75 Å². The van der Waals surface area contributed by atoms with Crippen molar-refractivity contribution in [3.8, 4) is 23.0 Å². The van der Waals surface area contributed by atoms with Gasteiger partial charge in [-0.3, -0.25) is 4.79 Å². The first-order valence-electron chi connectivity index (χ1n) is 7.71. The molecule has 0 aliphatic rings. The van der Waals surface area contributed by atoms with E-state index < -0.39 is 0 Å². The molecule has 0 saturated heterocycles. The number of hydrogen-bond acceptors (Lipinski definition) is 5. The minimum Gasteiger partial charge on any atom is -0.496 e. The van der Waals surface area contributed by atoms with Crippen LogP contribution >= 0.6 is 0 Å². The Balaban J connectivity index is 2.33. The van der Waals surface area contributed by atoms with Gasteiger partial charge in [-0.15, -0.1) is 0 Å². The van der Waals surface area contributed by atoms with Crippen LogP contribution in [0, 0.1) is 6.92 Å². The van der Waals surface area contributed by atoms with Gasteiger partial charge in [0.25, 0.3) is 0 Å². The maximum Gasteiger partial charge on any atom is 0.204 e. The van der Waals surface area contributed by atoms with Gasteiger partial charge >= 0.3 is 0 Å². The van der Waals surface area contributed by atoms with Gasteiger partial charge in [0.1, 0.15) is 5.75 Å². The van der Waals surface area contributed by atoms with E-state index >= 15 is 0 Å². The lowest BCUT2D eigenvalue weighted by molar-refractivity contribution is 0.104. The highest BCUT2D eigenvalue weighted by molar-refractivity contribution is 6.09. The van der Waals surface area contributed by atoms with Crippen LogP contribution in [0.5, 0.6) is 23.0 Å². The molecule has 0 N–H and O–H groups in total. The molecule has 0 aliphatic heterocycles. The SMILES string of the molecule is COc1ccc(/C=C/C(=O)c2ccc(OC)c(OC)c2OC)cc1C. The first-order chi connectivity index (χ1) is 12.0. The van der Waals surface area contributed by atoms with Crippen molar-refractivity contribution in [2.75, 3.05) is 28.4 Å². The van der Waals surface area contributed by atoms with E-state index in [0.29, 0.717) is 22.8 Å². The van der Waals surface area contributed by atoms with Crippen LogP contribution in [0.25, 0.3) is 6.08 Å². The van der Waals surface area contributed by atoms with Crippen LogP contribution in [0.2, 0.25) is 0 Å². The maximum absolute atomic E-state index is 12.6. The van der Waals surface area contributed by atoms with E-state index in [1.165, 1.54) is 27.4 Å². The van der Waals surface area contributed by atoms with Gasteiger partial charge in [0, 0.05) is 0 Å². The molecule has 0 atom stereocenters. The molecule has 0 spiro atoms. The van der Waals surface area contributed by atoms with Gasteiger partial charge in [-0.1, -0.05) is 12.1 Å². The van der Waals surface area contributed by atoms with Crippen LogP contribution in [0.3, 0.4) is 0 Å². The summed E-state index contributed by atoms with van der Waals surface area (Å²) in [5, 5.41) is 0. The van der Waals surface area contributed by atoms with Crippen molar-refractivity contribution >= 4 is 11.9 Å². The van der Waals surface area contributed by atoms with Crippen LogP contribution in [0.1, 0.15) is 21.5 Å². The predicted octanol–water partition coefficient (Wildman–Crippen LogP) is 3.93. The molecule has 0 heterocycles. The Kier molecular flexibility index (Phi) is 6.06. The second-order valence-electron chi connectivity index (χ2n) is 5.31. The second kappa shape index (κ2) is 8.24. The summed E-state index contributed by atoms with van der Waals surface area (Å²) in [6.45, 7) is 1.95. The van der Waals surface area contributed by atoms with E-state index in [2.05, 4.69) is 0 Å². The average Bonchev–Trinajstić information content (AvgIpc) is 2.64. The number of ketones is 1. The third-order valence-corrected chi connectivity index (χ3v) is 3.82. The number of allylic oxidation sites excluding steroid dienone is 1. The number of hydrogen-bond donors (Lipinski definition) is 0. The number of ether oxygens (including phenoxy) is 4. The average molecular weight is 342 g/mol. The fourth-order valence-corrected chi connectivity index (χ4v) is 2.56. The lowest BCUT2D eigenvalue weighted by atomic mass is 10.1. The lowest BCUT2D eigenvalue weighted by Crippen LogP contribution is -2.02. The highest BCUT2D eigenvalue weighted by atomic mass is 16.5. The van der Waals surface area contributed by atoms with Crippen molar-refractivity contribution in [3.05, 3.63) is 53.1 Å². The summed E-state index contributed by atoms with van der Waals surface area (Å²) in [5.41, 5.74) is 2.31. The first-order valence-corrected chi connectivity index (χ1v) is 7.71. The zero-order valence-corrected chi connectivity index (χ0v) is 15.1. The molecule has 0 fully saturated rings. The monoisotopic (exact) mass is 342 g/mol. The Morgan fingerprint density at radius 3 is 2.04 bits per heavy atom. The highest BCUT2D eigenvalue weighted by Crippen LogP contribution is 2.40. The van der Waals surface area contributed by atoms with E-state index in [9.17, 15) is 4.79 Å². The minimum absolute atomic E-state index is 0.189. The van der Waals surface area contributed by atoms with E-state index in [1.54, 1.807) is 25.3 Å². The molecule has 132 valence electrons. The molecule has 5 nitrogen and oxygen atoms in total. The summed E-state index contributed by atoms with van der Waals surface area (Å²) in [4.78, 5) is 12.6. The van der Waals surface area contributed by atoms with Gasteiger partial charge in [-0.2, -0.15) is 0 Å². The molecule has 2 aromatic carbocycles. The molecule has 25 heavy (non-hydrogen) atoms. The quantitative estimate of drug-likeness (QED) is 0.564. The van der Waals surface area contributed by atoms with Crippen LogP contribution in [0.4, 0.5) is 0 Å². The summed E-state index contributed by atoms with van der Waals surface area (Å²) in [6, 6.07) is 9.05. The largest absolute Gasteiger partial charge is 0.496 e. The smallest absolute Gasteiger partial charge is 0.204 e. The van der Waals surface area contributed by atoms with E-state index in [0.717, 1.165) is 16.9 Å².